The molecule has 0 bridgehead atoms. The molecular formula is C27H49O4P. The highest BCUT2D eigenvalue weighted by Crippen LogP contribution is 2.48. The van der Waals surface area contributed by atoms with E-state index in [1.807, 2.05) is 6.92 Å². The van der Waals surface area contributed by atoms with Crippen LogP contribution in [0, 0.1) is 5.92 Å². The Morgan fingerprint density at radius 1 is 0.844 bits per heavy atom. The molecule has 0 radical (unpaired) electrons. The third-order valence-corrected chi connectivity index (χ3v) is 6.90. The van der Waals surface area contributed by atoms with Gasteiger partial charge in [-0.15, -0.1) is 0 Å². The fourth-order valence-electron chi connectivity index (χ4n) is 4.45. The highest BCUT2D eigenvalue weighted by molar-refractivity contribution is 7.39. The first-order chi connectivity index (χ1) is 14.4. The van der Waals surface area contributed by atoms with Crippen LogP contribution in [0.5, 0.6) is 0 Å². The lowest BCUT2D eigenvalue weighted by Crippen LogP contribution is -2.42. The zero-order valence-electron chi connectivity index (χ0n) is 22.5. The number of benzene rings is 1. The van der Waals surface area contributed by atoms with E-state index in [-0.39, 0.29) is 28.8 Å². The molecule has 1 aromatic carbocycles. The summed E-state index contributed by atoms with van der Waals surface area (Å²) < 4.78 is 5.29. The van der Waals surface area contributed by atoms with Crippen LogP contribution in [0.2, 0.25) is 0 Å². The largest absolute Gasteiger partial charge is 0.385 e. The van der Waals surface area contributed by atoms with E-state index in [0.29, 0.717) is 12.8 Å². The third kappa shape index (κ3) is 7.24. The SMILES string of the molecule is CCCCC(O)(c1c(C(C)(C)C)cc(C(C)(C)C)cc1C(C)(C)C)C(CC)COP(O)O. The maximum Gasteiger partial charge on any atom is 0.327 e. The molecule has 2 atom stereocenters. The summed E-state index contributed by atoms with van der Waals surface area (Å²) in [5, 5.41) is 12.5. The van der Waals surface area contributed by atoms with E-state index in [4.69, 9.17) is 4.52 Å². The van der Waals surface area contributed by atoms with E-state index in [0.717, 1.165) is 18.4 Å². The van der Waals surface area contributed by atoms with E-state index in [9.17, 15) is 14.9 Å². The lowest BCUT2D eigenvalue weighted by atomic mass is 9.64. The van der Waals surface area contributed by atoms with Crippen molar-refractivity contribution in [3.05, 3.63) is 34.4 Å². The van der Waals surface area contributed by atoms with E-state index in [1.54, 1.807) is 0 Å². The Labute approximate surface area is 198 Å². The van der Waals surface area contributed by atoms with E-state index < -0.39 is 14.2 Å². The number of hydrogen-bond donors (Lipinski definition) is 3. The molecule has 0 aliphatic carbocycles. The van der Waals surface area contributed by atoms with Crippen molar-refractivity contribution in [2.45, 2.75) is 124 Å². The van der Waals surface area contributed by atoms with Gasteiger partial charge in [0.05, 0.1) is 12.2 Å². The minimum absolute atomic E-state index is 0.0169. The van der Waals surface area contributed by atoms with Crippen molar-refractivity contribution in [3.63, 3.8) is 0 Å². The van der Waals surface area contributed by atoms with Crippen LogP contribution in [0.3, 0.4) is 0 Å². The van der Waals surface area contributed by atoms with Gasteiger partial charge in [0.2, 0.25) is 0 Å². The normalized spacial score (nSPS) is 16.3. The molecule has 0 heterocycles. The Bertz CT molecular complexity index is 702. The summed E-state index contributed by atoms with van der Waals surface area (Å²) in [6, 6.07) is 4.58. The molecule has 0 amide bonds. The van der Waals surface area contributed by atoms with Crippen molar-refractivity contribution in [1.29, 1.82) is 0 Å². The summed E-state index contributed by atoms with van der Waals surface area (Å²) >= 11 is 0. The van der Waals surface area contributed by atoms with Gasteiger partial charge in [0.25, 0.3) is 0 Å². The molecule has 3 N–H and O–H groups in total. The van der Waals surface area contributed by atoms with Crippen LogP contribution in [0.1, 0.15) is 124 Å². The van der Waals surface area contributed by atoms with Gasteiger partial charge in [-0.1, -0.05) is 101 Å². The Hall–Kier alpha value is -0.510. The molecule has 4 nitrogen and oxygen atoms in total. The van der Waals surface area contributed by atoms with Crippen LogP contribution in [-0.4, -0.2) is 21.5 Å². The molecule has 186 valence electrons. The molecule has 0 spiro atoms. The molecule has 5 heteroatoms. The smallest absolute Gasteiger partial charge is 0.327 e. The van der Waals surface area contributed by atoms with Crippen molar-refractivity contribution in [1.82, 2.24) is 0 Å². The topological polar surface area (TPSA) is 69.9 Å². The summed E-state index contributed by atoms with van der Waals surface area (Å²) in [5.74, 6) is -0.249. The standard InChI is InChI=1S/C27H49O4P/c1-12-14-15-27(28,19(13-2)18-31-32(29)30)23-21(25(6,7)8)16-20(24(3,4)5)17-22(23)26(9,10)11/h16-17,19,28-30H,12-15,18H2,1-11H3. The Morgan fingerprint density at radius 2 is 1.31 bits per heavy atom. The van der Waals surface area contributed by atoms with Gasteiger partial charge < -0.3 is 19.4 Å². The van der Waals surface area contributed by atoms with Gasteiger partial charge in [-0.05, 0) is 51.3 Å². The molecule has 0 aliphatic rings. The second kappa shape index (κ2) is 10.8. The summed E-state index contributed by atoms with van der Waals surface area (Å²) in [5.41, 5.74) is 3.13. The van der Waals surface area contributed by atoms with E-state index in [1.165, 1.54) is 16.7 Å². The zero-order valence-corrected chi connectivity index (χ0v) is 23.4. The van der Waals surface area contributed by atoms with Crippen LogP contribution in [0.4, 0.5) is 0 Å². The molecule has 0 saturated heterocycles. The second-order valence-corrected chi connectivity index (χ2v) is 13.1. The van der Waals surface area contributed by atoms with Crippen LogP contribution < -0.4 is 0 Å². The number of rotatable bonds is 9. The molecule has 1 aromatic rings. The second-order valence-electron chi connectivity index (χ2n) is 12.4. The van der Waals surface area contributed by atoms with Crippen LogP contribution in [0.25, 0.3) is 0 Å². The zero-order chi connectivity index (χ0) is 25.1. The fraction of sp³-hybridized carbons (Fsp3) is 0.778. The molecule has 1 rings (SSSR count). The van der Waals surface area contributed by atoms with E-state index >= 15 is 0 Å². The van der Waals surface area contributed by atoms with Crippen LogP contribution >= 0.6 is 8.60 Å². The number of hydrogen-bond acceptors (Lipinski definition) is 4. The van der Waals surface area contributed by atoms with Crippen LogP contribution in [0.15, 0.2) is 12.1 Å². The maximum absolute atomic E-state index is 12.5. The van der Waals surface area contributed by atoms with Crippen molar-refractivity contribution < 1.29 is 19.4 Å². The highest BCUT2D eigenvalue weighted by atomic mass is 31.2. The average Bonchev–Trinajstić information content (AvgIpc) is 2.63. The lowest BCUT2D eigenvalue weighted by Gasteiger charge is -2.44. The maximum atomic E-state index is 12.5. The van der Waals surface area contributed by atoms with Crippen molar-refractivity contribution in [2.24, 2.45) is 5.92 Å². The van der Waals surface area contributed by atoms with E-state index in [2.05, 4.69) is 81.4 Å². The number of aliphatic hydroxyl groups is 1. The molecule has 0 saturated carbocycles. The average molecular weight is 469 g/mol. The number of unbranched alkanes of at least 4 members (excludes halogenated alkanes) is 1. The Kier molecular flexibility index (Phi) is 9.99. The van der Waals surface area contributed by atoms with Crippen molar-refractivity contribution >= 4 is 8.60 Å². The van der Waals surface area contributed by atoms with Gasteiger partial charge in [0, 0.05) is 5.92 Å². The monoisotopic (exact) mass is 468 g/mol. The molecule has 32 heavy (non-hydrogen) atoms. The first-order valence-electron chi connectivity index (χ1n) is 12.1. The first-order valence-corrected chi connectivity index (χ1v) is 13.3. The van der Waals surface area contributed by atoms with Crippen molar-refractivity contribution in [2.75, 3.05) is 6.61 Å². The minimum atomic E-state index is -2.46. The molecule has 0 aliphatic heterocycles. The predicted molar refractivity (Wildman–Crippen MR) is 137 cm³/mol. The van der Waals surface area contributed by atoms with Gasteiger partial charge in [-0.25, -0.2) is 0 Å². The summed E-state index contributed by atoms with van der Waals surface area (Å²) in [6.45, 7) is 24.3. The summed E-state index contributed by atoms with van der Waals surface area (Å²) in [4.78, 5) is 18.8. The lowest BCUT2D eigenvalue weighted by molar-refractivity contribution is -0.0549. The fourth-order valence-corrected chi connectivity index (χ4v) is 4.77. The first kappa shape index (κ1) is 29.5. The minimum Gasteiger partial charge on any atom is -0.385 e. The van der Waals surface area contributed by atoms with Gasteiger partial charge in [0.15, 0.2) is 0 Å². The molecular weight excluding hydrogens is 419 g/mol. The van der Waals surface area contributed by atoms with Gasteiger partial charge in [0.1, 0.15) is 0 Å². The predicted octanol–water partition coefficient (Wildman–Crippen LogP) is 7.21. The van der Waals surface area contributed by atoms with Crippen LogP contribution in [-0.2, 0) is 26.4 Å². The van der Waals surface area contributed by atoms with Gasteiger partial charge >= 0.3 is 8.60 Å². The molecule has 2 unspecified atom stereocenters. The highest BCUT2D eigenvalue weighted by Gasteiger charge is 2.44. The quantitative estimate of drug-likeness (QED) is 0.335. The third-order valence-electron chi connectivity index (χ3n) is 6.52. The summed E-state index contributed by atoms with van der Waals surface area (Å²) in [7, 11) is -2.46. The van der Waals surface area contributed by atoms with Gasteiger partial charge in [-0.2, -0.15) is 0 Å². The summed E-state index contributed by atoms with van der Waals surface area (Å²) in [6.07, 6.45) is 3.15. The Morgan fingerprint density at radius 3 is 1.62 bits per heavy atom. The molecule has 0 aromatic heterocycles. The Balaban J connectivity index is 4.06. The van der Waals surface area contributed by atoms with Crippen molar-refractivity contribution in [3.8, 4) is 0 Å². The van der Waals surface area contributed by atoms with Gasteiger partial charge in [-0.3, -0.25) is 0 Å². The molecule has 0 fully saturated rings.